The van der Waals surface area contributed by atoms with E-state index in [2.05, 4.69) is 11.4 Å². The lowest BCUT2D eigenvalue weighted by Gasteiger charge is -2.23. The van der Waals surface area contributed by atoms with Gasteiger partial charge in [-0.2, -0.15) is 4.31 Å². The van der Waals surface area contributed by atoms with Gasteiger partial charge in [-0.3, -0.25) is 4.79 Å². The van der Waals surface area contributed by atoms with Gasteiger partial charge < -0.3 is 10.1 Å². The Morgan fingerprint density at radius 1 is 1.40 bits per heavy atom. The van der Waals surface area contributed by atoms with E-state index < -0.39 is 16.1 Å². The van der Waals surface area contributed by atoms with Crippen LogP contribution in [0.15, 0.2) is 18.2 Å². The molecule has 0 bridgehead atoms. The van der Waals surface area contributed by atoms with E-state index >= 15 is 0 Å². The van der Waals surface area contributed by atoms with Gasteiger partial charge in [0.1, 0.15) is 11.8 Å². The molecule has 2 aliphatic heterocycles. The van der Waals surface area contributed by atoms with Crippen LogP contribution in [-0.4, -0.2) is 50.1 Å². The summed E-state index contributed by atoms with van der Waals surface area (Å²) >= 11 is 0. The van der Waals surface area contributed by atoms with Gasteiger partial charge in [-0.25, -0.2) is 8.42 Å². The van der Waals surface area contributed by atoms with Crippen LogP contribution in [0.25, 0.3) is 0 Å². The highest BCUT2D eigenvalue weighted by atomic mass is 32.2. The molecule has 138 valence electrons. The van der Waals surface area contributed by atoms with Crippen molar-refractivity contribution in [2.24, 2.45) is 0 Å². The average molecular weight is 366 g/mol. The molecule has 0 aromatic heterocycles. The number of nitrogens with zero attached hydrogens (tertiary/aromatic N) is 1. The molecule has 1 aromatic carbocycles. The summed E-state index contributed by atoms with van der Waals surface area (Å²) in [6.45, 7) is 3.53. The Hall–Kier alpha value is -1.60. The smallest absolute Gasteiger partial charge is 0.238 e. The van der Waals surface area contributed by atoms with E-state index in [9.17, 15) is 13.2 Å². The topological polar surface area (TPSA) is 75.7 Å². The van der Waals surface area contributed by atoms with Gasteiger partial charge in [0.05, 0.1) is 12.4 Å². The lowest BCUT2D eigenvalue weighted by atomic mass is 10.1. The molecule has 1 amide bonds. The van der Waals surface area contributed by atoms with E-state index in [1.807, 2.05) is 19.1 Å². The van der Waals surface area contributed by atoms with Crippen LogP contribution >= 0.6 is 0 Å². The maximum Gasteiger partial charge on any atom is 0.238 e. The molecule has 1 saturated heterocycles. The monoisotopic (exact) mass is 366 g/mol. The molecule has 7 heteroatoms. The second-order valence-corrected chi connectivity index (χ2v) is 8.71. The molecule has 2 heterocycles. The summed E-state index contributed by atoms with van der Waals surface area (Å²) in [7, 11) is -3.33. The number of benzene rings is 1. The highest BCUT2D eigenvalue weighted by Gasteiger charge is 2.37. The van der Waals surface area contributed by atoms with E-state index in [0.29, 0.717) is 25.9 Å². The van der Waals surface area contributed by atoms with Crippen molar-refractivity contribution in [1.82, 2.24) is 9.62 Å². The molecule has 0 spiro atoms. The normalized spacial score (nSPS) is 20.3. The molecule has 3 rings (SSSR count). The fourth-order valence-electron chi connectivity index (χ4n) is 3.55. The standard InChI is InChI=1S/C18H26N2O4S/c1-2-12-25(22,23)20-10-3-4-16(20)18(21)19-9-7-14-5-6-17-15(13-14)8-11-24-17/h5-6,13,16H,2-4,7-12H2,1H3,(H,19,21). The molecule has 6 nitrogen and oxygen atoms in total. The molecular weight excluding hydrogens is 340 g/mol. The molecule has 1 aromatic rings. The number of amides is 1. The lowest BCUT2D eigenvalue weighted by Crippen LogP contribution is -2.46. The van der Waals surface area contributed by atoms with Crippen LogP contribution in [0.5, 0.6) is 5.75 Å². The Morgan fingerprint density at radius 3 is 3.04 bits per heavy atom. The second kappa shape index (κ2) is 7.74. The van der Waals surface area contributed by atoms with Gasteiger partial charge in [0, 0.05) is 19.5 Å². The Kier molecular flexibility index (Phi) is 5.64. The van der Waals surface area contributed by atoms with Crippen molar-refractivity contribution in [2.75, 3.05) is 25.4 Å². The number of nitrogens with one attached hydrogen (secondary N) is 1. The van der Waals surface area contributed by atoms with Gasteiger partial charge in [0.15, 0.2) is 0 Å². The maximum atomic E-state index is 12.4. The Labute approximate surface area is 149 Å². The van der Waals surface area contributed by atoms with Crippen LogP contribution in [0.3, 0.4) is 0 Å². The van der Waals surface area contributed by atoms with Crippen molar-refractivity contribution >= 4 is 15.9 Å². The number of hydrogen-bond acceptors (Lipinski definition) is 4. The molecule has 0 aliphatic carbocycles. The molecule has 2 aliphatic rings. The molecule has 1 atom stereocenters. The van der Waals surface area contributed by atoms with Gasteiger partial charge in [0.2, 0.25) is 15.9 Å². The zero-order chi connectivity index (χ0) is 17.9. The summed E-state index contributed by atoms with van der Waals surface area (Å²) in [4.78, 5) is 12.4. The zero-order valence-electron chi connectivity index (χ0n) is 14.7. The number of carbonyl (C=O) groups excluding carboxylic acids is 1. The third-order valence-electron chi connectivity index (χ3n) is 4.79. The summed E-state index contributed by atoms with van der Waals surface area (Å²) in [5.74, 6) is 0.880. The van der Waals surface area contributed by atoms with E-state index in [1.165, 1.54) is 9.87 Å². The van der Waals surface area contributed by atoms with Gasteiger partial charge in [-0.05, 0) is 42.9 Å². The van der Waals surface area contributed by atoms with Crippen molar-refractivity contribution in [3.8, 4) is 5.75 Å². The van der Waals surface area contributed by atoms with E-state index in [0.717, 1.165) is 37.2 Å². The van der Waals surface area contributed by atoms with Gasteiger partial charge in [0.25, 0.3) is 0 Å². The fraction of sp³-hybridized carbons (Fsp3) is 0.611. The maximum absolute atomic E-state index is 12.4. The average Bonchev–Trinajstić information content (AvgIpc) is 3.23. The minimum atomic E-state index is -3.33. The fourth-order valence-corrected chi connectivity index (χ4v) is 5.30. The van der Waals surface area contributed by atoms with Gasteiger partial charge >= 0.3 is 0 Å². The molecule has 0 radical (unpaired) electrons. The van der Waals surface area contributed by atoms with Crippen LogP contribution in [0.1, 0.15) is 37.3 Å². The van der Waals surface area contributed by atoms with Crippen LogP contribution < -0.4 is 10.1 Å². The third-order valence-corrected chi connectivity index (χ3v) is 6.87. The summed E-state index contributed by atoms with van der Waals surface area (Å²) in [5, 5.41) is 2.91. The van der Waals surface area contributed by atoms with Crippen molar-refractivity contribution in [3.05, 3.63) is 29.3 Å². The second-order valence-electron chi connectivity index (χ2n) is 6.67. The predicted molar refractivity (Wildman–Crippen MR) is 96.2 cm³/mol. The summed E-state index contributed by atoms with van der Waals surface area (Å²) in [5.41, 5.74) is 2.38. The molecular formula is C18H26N2O4S. The van der Waals surface area contributed by atoms with Gasteiger partial charge in [-0.15, -0.1) is 0 Å². The summed E-state index contributed by atoms with van der Waals surface area (Å²) in [6.07, 6.45) is 3.57. The first-order valence-corrected chi connectivity index (χ1v) is 10.6. The SMILES string of the molecule is CCCS(=O)(=O)N1CCCC1C(=O)NCCc1ccc2c(c1)CCO2. The lowest BCUT2D eigenvalue weighted by molar-refractivity contribution is -0.124. The quantitative estimate of drug-likeness (QED) is 0.793. The number of hydrogen-bond donors (Lipinski definition) is 1. The van der Waals surface area contributed by atoms with Gasteiger partial charge in [-0.1, -0.05) is 19.1 Å². The Balaban J connectivity index is 1.53. The Morgan fingerprint density at radius 2 is 2.24 bits per heavy atom. The molecule has 1 fully saturated rings. The first-order chi connectivity index (χ1) is 12.0. The van der Waals surface area contributed by atoms with E-state index in [-0.39, 0.29) is 11.7 Å². The largest absolute Gasteiger partial charge is 0.493 e. The zero-order valence-corrected chi connectivity index (χ0v) is 15.5. The van der Waals surface area contributed by atoms with Crippen molar-refractivity contribution < 1.29 is 17.9 Å². The van der Waals surface area contributed by atoms with Crippen LogP contribution in [0, 0.1) is 0 Å². The molecule has 1 unspecified atom stereocenters. The number of fused-ring (bicyclic) bond motifs is 1. The molecule has 25 heavy (non-hydrogen) atoms. The third kappa shape index (κ3) is 4.15. The van der Waals surface area contributed by atoms with Crippen molar-refractivity contribution in [2.45, 2.75) is 45.1 Å². The summed E-state index contributed by atoms with van der Waals surface area (Å²) in [6, 6.07) is 5.58. The summed E-state index contributed by atoms with van der Waals surface area (Å²) < 4.78 is 31.5. The van der Waals surface area contributed by atoms with Crippen LogP contribution in [0.2, 0.25) is 0 Å². The van der Waals surface area contributed by atoms with E-state index in [4.69, 9.17) is 4.74 Å². The van der Waals surface area contributed by atoms with Crippen LogP contribution in [-0.2, 0) is 27.7 Å². The number of rotatable bonds is 7. The number of carbonyl (C=O) groups is 1. The molecule has 1 N–H and O–H groups in total. The van der Waals surface area contributed by atoms with Crippen LogP contribution in [0.4, 0.5) is 0 Å². The first-order valence-electron chi connectivity index (χ1n) is 9.03. The van der Waals surface area contributed by atoms with Crippen molar-refractivity contribution in [3.63, 3.8) is 0 Å². The number of sulfonamides is 1. The van der Waals surface area contributed by atoms with E-state index in [1.54, 1.807) is 0 Å². The molecule has 0 saturated carbocycles. The minimum Gasteiger partial charge on any atom is -0.493 e. The minimum absolute atomic E-state index is 0.105. The highest BCUT2D eigenvalue weighted by molar-refractivity contribution is 7.89. The first kappa shape index (κ1) is 18.2. The number of ether oxygens (including phenoxy) is 1. The Bertz CT molecular complexity index is 733. The highest BCUT2D eigenvalue weighted by Crippen LogP contribution is 2.26. The van der Waals surface area contributed by atoms with Crippen molar-refractivity contribution in [1.29, 1.82) is 0 Å². The predicted octanol–water partition coefficient (Wildman–Crippen LogP) is 1.48.